The van der Waals surface area contributed by atoms with Gasteiger partial charge in [-0.05, 0) is 31.2 Å². The molecule has 1 heterocycles. The fourth-order valence-electron chi connectivity index (χ4n) is 1.69. The third kappa shape index (κ3) is 3.99. The van der Waals surface area contributed by atoms with Crippen molar-refractivity contribution in [1.29, 1.82) is 0 Å². The fourth-order valence-corrected chi connectivity index (χ4v) is 2.59. The Morgan fingerprint density at radius 1 is 1.61 bits per heavy atom. The molecule has 3 N–H and O–H groups in total. The number of Topliss-reactive ketones (excluding diaryl/α,β-unsaturated/α-hetero) is 1. The molecule has 1 aromatic rings. The third-order valence-corrected chi connectivity index (χ3v) is 4.11. The van der Waals surface area contributed by atoms with Crippen LogP contribution in [-0.4, -0.2) is 25.5 Å². The molecule has 0 aromatic carbocycles. The number of rotatable bonds is 8. The Balaban J connectivity index is 1.63. The smallest absolute Gasteiger partial charge is 0.171 e. The summed E-state index contributed by atoms with van der Waals surface area (Å²) in [5, 5.41) is 4.23. The molecule has 0 bridgehead atoms. The SMILES string of the molecule is CC(=O)c1sc(NCCCOCC2CC2)cc1N. The van der Waals surface area contributed by atoms with Gasteiger partial charge in [-0.1, -0.05) is 0 Å². The van der Waals surface area contributed by atoms with Gasteiger partial charge >= 0.3 is 0 Å². The van der Waals surface area contributed by atoms with Gasteiger partial charge in [-0.25, -0.2) is 0 Å². The second-order valence-corrected chi connectivity index (χ2v) is 5.80. The molecule has 18 heavy (non-hydrogen) atoms. The van der Waals surface area contributed by atoms with Crippen molar-refractivity contribution in [3.05, 3.63) is 10.9 Å². The van der Waals surface area contributed by atoms with E-state index in [1.165, 1.54) is 31.1 Å². The average Bonchev–Trinajstić information content (AvgIpc) is 3.06. The first-order chi connectivity index (χ1) is 8.66. The zero-order valence-corrected chi connectivity index (χ0v) is 11.5. The van der Waals surface area contributed by atoms with Gasteiger partial charge in [-0.2, -0.15) is 0 Å². The van der Waals surface area contributed by atoms with Crippen LogP contribution in [0, 0.1) is 5.92 Å². The van der Waals surface area contributed by atoms with Crippen molar-refractivity contribution in [3.8, 4) is 0 Å². The molecule has 1 aromatic heterocycles. The lowest BCUT2D eigenvalue weighted by Crippen LogP contribution is -2.06. The molecule has 1 aliphatic carbocycles. The maximum absolute atomic E-state index is 11.2. The highest BCUT2D eigenvalue weighted by Gasteiger charge is 2.20. The van der Waals surface area contributed by atoms with E-state index in [1.807, 2.05) is 6.07 Å². The topological polar surface area (TPSA) is 64.3 Å². The van der Waals surface area contributed by atoms with Crippen LogP contribution in [0.25, 0.3) is 0 Å². The predicted octanol–water partition coefficient (Wildman–Crippen LogP) is 2.76. The van der Waals surface area contributed by atoms with Crippen molar-refractivity contribution in [2.45, 2.75) is 26.2 Å². The van der Waals surface area contributed by atoms with E-state index in [1.54, 1.807) is 0 Å². The molecule has 1 aliphatic rings. The minimum atomic E-state index is 0.0262. The van der Waals surface area contributed by atoms with E-state index in [0.29, 0.717) is 10.6 Å². The van der Waals surface area contributed by atoms with Gasteiger partial charge in [0.05, 0.1) is 15.6 Å². The van der Waals surface area contributed by atoms with Gasteiger partial charge in [0, 0.05) is 26.7 Å². The monoisotopic (exact) mass is 268 g/mol. The summed E-state index contributed by atoms with van der Waals surface area (Å²) in [6.07, 6.45) is 3.64. The summed E-state index contributed by atoms with van der Waals surface area (Å²) in [5.41, 5.74) is 6.33. The van der Waals surface area contributed by atoms with Crippen molar-refractivity contribution in [3.63, 3.8) is 0 Å². The number of hydrogen-bond donors (Lipinski definition) is 2. The quantitative estimate of drug-likeness (QED) is 0.562. The Labute approximate surface area is 112 Å². The first kappa shape index (κ1) is 13.4. The second-order valence-electron chi connectivity index (χ2n) is 4.75. The number of carbonyl (C=O) groups excluding carboxylic acids is 1. The van der Waals surface area contributed by atoms with Crippen molar-refractivity contribution < 1.29 is 9.53 Å². The molecule has 0 amide bonds. The maximum atomic E-state index is 11.2. The molecule has 5 heteroatoms. The molecule has 0 aliphatic heterocycles. The number of ketones is 1. The minimum absolute atomic E-state index is 0.0262. The van der Waals surface area contributed by atoms with Gasteiger partial charge < -0.3 is 15.8 Å². The summed E-state index contributed by atoms with van der Waals surface area (Å²) in [4.78, 5) is 11.9. The number of nitrogens with one attached hydrogen (secondary N) is 1. The number of ether oxygens (including phenoxy) is 1. The van der Waals surface area contributed by atoms with Crippen LogP contribution in [0.5, 0.6) is 0 Å². The number of carbonyl (C=O) groups is 1. The highest BCUT2D eigenvalue weighted by atomic mass is 32.1. The Kier molecular flexibility index (Phi) is 4.60. The Hall–Kier alpha value is -1.07. The molecule has 0 radical (unpaired) electrons. The van der Waals surface area contributed by atoms with Gasteiger partial charge in [0.1, 0.15) is 0 Å². The van der Waals surface area contributed by atoms with Gasteiger partial charge in [0.25, 0.3) is 0 Å². The van der Waals surface area contributed by atoms with E-state index in [9.17, 15) is 4.79 Å². The van der Waals surface area contributed by atoms with Crippen molar-refractivity contribution in [2.24, 2.45) is 5.92 Å². The Morgan fingerprint density at radius 2 is 2.39 bits per heavy atom. The van der Waals surface area contributed by atoms with Crippen LogP contribution in [0.15, 0.2) is 6.07 Å². The summed E-state index contributed by atoms with van der Waals surface area (Å²) < 4.78 is 5.55. The number of hydrogen-bond acceptors (Lipinski definition) is 5. The first-order valence-electron chi connectivity index (χ1n) is 6.38. The Bertz CT molecular complexity index is 413. The van der Waals surface area contributed by atoms with Crippen molar-refractivity contribution >= 4 is 27.8 Å². The van der Waals surface area contributed by atoms with Crippen molar-refractivity contribution in [2.75, 3.05) is 30.8 Å². The molecular weight excluding hydrogens is 248 g/mol. The van der Waals surface area contributed by atoms with E-state index >= 15 is 0 Å². The lowest BCUT2D eigenvalue weighted by atomic mass is 10.3. The molecule has 4 nitrogen and oxygen atoms in total. The van der Waals surface area contributed by atoms with E-state index < -0.39 is 0 Å². The summed E-state index contributed by atoms with van der Waals surface area (Å²) in [5.74, 6) is 0.853. The van der Waals surface area contributed by atoms with Gasteiger partial charge in [-0.3, -0.25) is 4.79 Å². The van der Waals surface area contributed by atoms with Crippen LogP contribution < -0.4 is 11.1 Å². The molecule has 0 atom stereocenters. The van der Waals surface area contributed by atoms with Crippen LogP contribution >= 0.6 is 11.3 Å². The number of thiophene rings is 1. The number of nitrogen functional groups attached to an aromatic ring is 1. The lowest BCUT2D eigenvalue weighted by Gasteiger charge is -2.04. The third-order valence-electron chi connectivity index (χ3n) is 2.90. The Morgan fingerprint density at radius 3 is 3.00 bits per heavy atom. The van der Waals surface area contributed by atoms with Crippen molar-refractivity contribution in [1.82, 2.24) is 0 Å². The lowest BCUT2D eigenvalue weighted by molar-refractivity contribution is 0.102. The molecule has 0 unspecified atom stereocenters. The zero-order valence-electron chi connectivity index (χ0n) is 10.7. The standard InChI is InChI=1S/C13H20N2O2S/c1-9(16)13-11(14)7-12(18-13)15-5-2-6-17-8-10-3-4-10/h7,10,15H,2-6,8,14H2,1H3. The van der Waals surface area contributed by atoms with Gasteiger partial charge in [0.2, 0.25) is 0 Å². The minimum Gasteiger partial charge on any atom is -0.397 e. The van der Waals surface area contributed by atoms with Crippen LogP contribution in [0.2, 0.25) is 0 Å². The summed E-state index contributed by atoms with van der Waals surface area (Å²) in [6.45, 7) is 4.10. The van der Waals surface area contributed by atoms with Crippen LogP contribution in [0.3, 0.4) is 0 Å². The second kappa shape index (κ2) is 6.20. The molecule has 0 saturated heterocycles. The van der Waals surface area contributed by atoms with E-state index in [-0.39, 0.29) is 5.78 Å². The molecule has 1 saturated carbocycles. The summed E-state index contributed by atoms with van der Waals surface area (Å²) >= 11 is 1.42. The molecular formula is C13H20N2O2S. The first-order valence-corrected chi connectivity index (χ1v) is 7.20. The van der Waals surface area contributed by atoms with Gasteiger partial charge in [0.15, 0.2) is 5.78 Å². The number of nitrogens with two attached hydrogens (primary N) is 1. The normalized spacial score (nSPS) is 14.7. The molecule has 2 rings (SSSR count). The van der Waals surface area contributed by atoms with E-state index in [0.717, 1.165) is 37.1 Å². The van der Waals surface area contributed by atoms with E-state index in [2.05, 4.69) is 5.32 Å². The summed E-state index contributed by atoms with van der Waals surface area (Å²) in [7, 11) is 0. The van der Waals surface area contributed by atoms with E-state index in [4.69, 9.17) is 10.5 Å². The van der Waals surface area contributed by atoms with Crippen LogP contribution in [-0.2, 0) is 4.74 Å². The zero-order chi connectivity index (χ0) is 13.0. The molecule has 0 spiro atoms. The maximum Gasteiger partial charge on any atom is 0.171 e. The molecule has 1 fully saturated rings. The van der Waals surface area contributed by atoms with Crippen LogP contribution in [0.4, 0.5) is 10.7 Å². The van der Waals surface area contributed by atoms with Gasteiger partial charge in [-0.15, -0.1) is 11.3 Å². The largest absolute Gasteiger partial charge is 0.397 e. The fraction of sp³-hybridized carbons (Fsp3) is 0.615. The number of anilines is 2. The van der Waals surface area contributed by atoms with Crippen LogP contribution in [0.1, 0.15) is 35.9 Å². The predicted molar refractivity (Wildman–Crippen MR) is 75.4 cm³/mol. The summed E-state index contributed by atoms with van der Waals surface area (Å²) in [6, 6.07) is 1.83. The highest BCUT2D eigenvalue weighted by Crippen LogP contribution is 2.30. The molecule has 100 valence electrons. The average molecular weight is 268 g/mol. The highest BCUT2D eigenvalue weighted by molar-refractivity contribution is 7.18.